The van der Waals surface area contributed by atoms with E-state index in [1.54, 1.807) is 7.05 Å². The molecule has 9 heteroatoms. The zero-order valence-electron chi connectivity index (χ0n) is 15.1. The number of guanidine groups is 1. The molecule has 1 fully saturated rings. The first kappa shape index (κ1) is 23.1. The smallest absolute Gasteiger partial charge is 0.191 e. The minimum Gasteiger partial charge on any atom is -0.355 e. The average Bonchev–Trinajstić information content (AvgIpc) is 2.61. The van der Waals surface area contributed by atoms with Crippen molar-refractivity contribution in [3.05, 3.63) is 30.1 Å². The van der Waals surface area contributed by atoms with E-state index < -0.39 is 15.7 Å². The largest absolute Gasteiger partial charge is 0.355 e. The Hall–Kier alpha value is -0.940. The molecule has 0 spiro atoms. The highest BCUT2D eigenvalue weighted by molar-refractivity contribution is 14.0. The second-order valence-corrected chi connectivity index (χ2v) is 8.15. The maximum atomic E-state index is 13.6. The number of nitrogens with zero attached hydrogens (tertiary/aromatic N) is 2. The van der Waals surface area contributed by atoms with Crippen LogP contribution in [0.4, 0.5) is 4.39 Å². The van der Waals surface area contributed by atoms with Gasteiger partial charge in [0.25, 0.3) is 0 Å². The van der Waals surface area contributed by atoms with Gasteiger partial charge in [-0.15, -0.1) is 24.0 Å². The van der Waals surface area contributed by atoms with E-state index in [1.807, 2.05) is 0 Å². The van der Waals surface area contributed by atoms with Gasteiger partial charge < -0.3 is 15.5 Å². The molecule has 1 aromatic rings. The van der Waals surface area contributed by atoms with Crippen molar-refractivity contribution >= 4 is 39.8 Å². The fraction of sp³-hybridized carbons (Fsp3) is 0.588. The lowest BCUT2D eigenvalue weighted by atomic mass is 10.1. The molecule has 0 unspecified atom stereocenters. The summed E-state index contributed by atoms with van der Waals surface area (Å²) in [5, 5.41) is 6.15. The zero-order valence-corrected chi connectivity index (χ0v) is 18.2. The summed E-state index contributed by atoms with van der Waals surface area (Å²) in [7, 11) is -2.02. The van der Waals surface area contributed by atoms with Crippen LogP contribution in [0.2, 0.25) is 0 Å². The lowest BCUT2D eigenvalue weighted by Gasteiger charge is -2.26. The van der Waals surface area contributed by atoms with Crippen molar-refractivity contribution < 1.29 is 12.8 Å². The quantitative estimate of drug-likeness (QED) is 0.341. The average molecular weight is 498 g/mol. The molecule has 0 bridgehead atoms. The lowest BCUT2D eigenvalue weighted by molar-refractivity contribution is 0.232. The minimum atomic E-state index is -3.66. The van der Waals surface area contributed by atoms with Crippen molar-refractivity contribution in [3.8, 4) is 0 Å². The number of piperidine rings is 1. The molecule has 0 amide bonds. The molecule has 2 rings (SSSR count). The Morgan fingerprint density at radius 3 is 2.46 bits per heavy atom. The third-order valence-corrected chi connectivity index (χ3v) is 5.97. The van der Waals surface area contributed by atoms with E-state index in [4.69, 9.17) is 0 Å². The number of benzene rings is 1. The number of hydrogen-bond donors (Lipinski definition) is 2. The van der Waals surface area contributed by atoms with Crippen LogP contribution in [0.25, 0.3) is 0 Å². The third kappa shape index (κ3) is 7.36. The predicted octanol–water partition coefficient (Wildman–Crippen LogP) is 1.87. The molecule has 1 aromatic carbocycles. The van der Waals surface area contributed by atoms with Crippen molar-refractivity contribution in [2.75, 3.05) is 45.5 Å². The van der Waals surface area contributed by atoms with Crippen molar-refractivity contribution in [1.29, 1.82) is 0 Å². The molecule has 1 aliphatic rings. The van der Waals surface area contributed by atoms with E-state index in [9.17, 15) is 12.8 Å². The van der Waals surface area contributed by atoms with Crippen molar-refractivity contribution in [2.45, 2.75) is 24.2 Å². The fourth-order valence-corrected chi connectivity index (χ4v) is 4.09. The van der Waals surface area contributed by atoms with Gasteiger partial charge in [-0.1, -0.05) is 18.6 Å². The van der Waals surface area contributed by atoms with Gasteiger partial charge in [-0.2, -0.15) is 0 Å². The maximum absolute atomic E-state index is 13.6. The van der Waals surface area contributed by atoms with Gasteiger partial charge in [0.1, 0.15) is 10.7 Å². The molecule has 0 radical (unpaired) electrons. The molecule has 6 nitrogen and oxygen atoms in total. The second-order valence-electron chi connectivity index (χ2n) is 6.08. The van der Waals surface area contributed by atoms with Gasteiger partial charge in [0.05, 0.1) is 5.75 Å². The Kier molecular flexibility index (Phi) is 10.4. The number of rotatable bonds is 7. The number of aliphatic imine (C=N–C) groups is 1. The molecule has 0 atom stereocenters. The molecule has 148 valence electrons. The first-order valence-corrected chi connectivity index (χ1v) is 10.3. The van der Waals surface area contributed by atoms with Crippen LogP contribution in [-0.2, 0) is 9.84 Å². The highest BCUT2D eigenvalue weighted by Gasteiger charge is 2.18. The van der Waals surface area contributed by atoms with E-state index >= 15 is 0 Å². The Morgan fingerprint density at radius 2 is 1.81 bits per heavy atom. The maximum Gasteiger partial charge on any atom is 0.191 e. The predicted molar refractivity (Wildman–Crippen MR) is 114 cm³/mol. The second kappa shape index (κ2) is 11.7. The molecular formula is C17H28FIN4O2S. The third-order valence-electron chi connectivity index (χ3n) is 4.23. The minimum absolute atomic E-state index is 0. The Morgan fingerprint density at radius 1 is 1.15 bits per heavy atom. The number of hydrogen-bond acceptors (Lipinski definition) is 4. The first-order valence-electron chi connectivity index (χ1n) is 8.67. The number of halogens is 2. The Bertz CT molecular complexity index is 679. The van der Waals surface area contributed by atoms with Gasteiger partial charge in [0.15, 0.2) is 15.8 Å². The molecule has 0 aromatic heterocycles. The van der Waals surface area contributed by atoms with Crippen molar-refractivity contribution in [1.82, 2.24) is 15.5 Å². The monoisotopic (exact) mass is 498 g/mol. The summed E-state index contributed by atoms with van der Waals surface area (Å²) in [6.45, 7) is 4.12. The molecule has 1 saturated heterocycles. The summed E-state index contributed by atoms with van der Waals surface area (Å²) >= 11 is 0. The molecule has 26 heavy (non-hydrogen) atoms. The molecular weight excluding hydrogens is 470 g/mol. The summed E-state index contributed by atoms with van der Waals surface area (Å²) in [4.78, 5) is 6.24. The normalized spacial score (nSPS) is 16.0. The van der Waals surface area contributed by atoms with Gasteiger partial charge >= 0.3 is 0 Å². The van der Waals surface area contributed by atoms with Crippen LogP contribution in [0.15, 0.2) is 34.2 Å². The highest BCUT2D eigenvalue weighted by Crippen LogP contribution is 2.14. The Balaban J connectivity index is 0.00000338. The van der Waals surface area contributed by atoms with Gasteiger partial charge in [-0.05, 0) is 38.1 Å². The van der Waals surface area contributed by atoms with E-state index in [-0.39, 0.29) is 41.2 Å². The number of nitrogens with one attached hydrogen (secondary N) is 2. The molecule has 0 saturated carbocycles. The van der Waals surface area contributed by atoms with Gasteiger partial charge in [0, 0.05) is 26.7 Å². The topological polar surface area (TPSA) is 73.8 Å². The zero-order chi connectivity index (χ0) is 18.1. The van der Waals surface area contributed by atoms with Crippen molar-refractivity contribution in [2.24, 2.45) is 4.99 Å². The van der Waals surface area contributed by atoms with E-state index in [0.717, 1.165) is 32.2 Å². The standard InChI is InChI=1S/C17H27FN4O2S.HI/c1-19-17(20-9-13-22-11-5-2-6-12-22)21-10-14-25(23,24)16-8-4-3-7-15(16)18;/h3-4,7-8H,2,5-6,9-14H2,1H3,(H2,19,20,21);1H. The fourth-order valence-electron chi connectivity index (χ4n) is 2.85. The summed E-state index contributed by atoms with van der Waals surface area (Å²) < 4.78 is 38.0. The van der Waals surface area contributed by atoms with E-state index in [0.29, 0.717) is 5.96 Å². The Labute approximate surface area is 172 Å². The number of sulfone groups is 1. The summed E-state index contributed by atoms with van der Waals surface area (Å²) in [6.07, 6.45) is 3.81. The van der Waals surface area contributed by atoms with Crippen LogP contribution in [-0.4, -0.2) is 64.8 Å². The molecule has 1 heterocycles. The summed E-state index contributed by atoms with van der Waals surface area (Å²) in [5.41, 5.74) is 0. The van der Waals surface area contributed by atoms with Crippen LogP contribution in [0.3, 0.4) is 0 Å². The number of likely N-dealkylation sites (tertiary alicyclic amines) is 1. The SMILES string of the molecule is CN=C(NCCN1CCCCC1)NCCS(=O)(=O)c1ccccc1F.I. The van der Waals surface area contributed by atoms with Crippen LogP contribution in [0, 0.1) is 5.82 Å². The summed E-state index contributed by atoms with van der Waals surface area (Å²) in [6, 6.07) is 5.43. The first-order chi connectivity index (χ1) is 12.0. The van der Waals surface area contributed by atoms with Gasteiger partial charge in [-0.25, -0.2) is 12.8 Å². The molecule has 1 aliphatic heterocycles. The highest BCUT2D eigenvalue weighted by atomic mass is 127. The van der Waals surface area contributed by atoms with Gasteiger partial charge in [-0.3, -0.25) is 4.99 Å². The van der Waals surface area contributed by atoms with E-state index in [1.165, 1.54) is 37.5 Å². The molecule has 0 aliphatic carbocycles. The van der Waals surface area contributed by atoms with Crippen molar-refractivity contribution in [3.63, 3.8) is 0 Å². The van der Waals surface area contributed by atoms with Crippen LogP contribution in [0.5, 0.6) is 0 Å². The van der Waals surface area contributed by atoms with Gasteiger partial charge in [0.2, 0.25) is 0 Å². The molecule has 2 N–H and O–H groups in total. The van der Waals surface area contributed by atoms with Crippen LogP contribution >= 0.6 is 24.0 Å². The summed E-state index contributed by atoms with van der Waals surface area (Å²) in [5.74, 6) is -0.354. The van der Waals surface area contributed by atoms with Crippen LogP contribution in [0.1, 0.15) is 19.3 Å². The lowest BCUT2D eigenvalue weighted by Crippen LogP contribution is -2.43. The van der Waals surface area contributed by atoms with E-state index in [2.05, 4.69) is 20.5 Å². The van der Waals surface area contributed by atoms with Crippen LogP contribution < -0.4 is 10.6 Å².